The van der Waals surface area contributed by atoms with Gasteiger partial charge in [0.25, 0.3) is 0 Å². The Kier molecular flexibility index (Phi) is 8.39. The molecule has 0 bridgehead atoms. The molecular weight excluding hydrogens is 409 g/mol. The number of aryl methyl sites for hydroxylation is 1. The van der Waals surface area contributed by atoms with Crippen LogP contribution in [0.1, 0.15) is 19.4 Å². The Balaban J connectivity index is 2.00. The van der Waals surface area contributed by atoms with Crippen molar-refractivity contribution in [2.75, 3.05) is 26.8 Å². The molecule has 0 aliphatic heterocycles. The van der Waals surface area contributed by atoms with Crippen LogP contribution in [0.4, 0.5) is 4.39 Å². The number of aliphatic hydroxyl groups excluding tert-OH is 1. The third-order valence-corrected chi connectivity index (χ3v) is 5.00. The number of aromatic nitrogens is 2. The summed E-state index contributed by atoms with van der Waals surface area (Å²) in [6.07, 6.45) is -0.600. The van der Waals surface area contributed by atoms with Crippen molar-refractivity contribution in [2.24, 2.45) is 13.0 Å². The topological polar surface area (TPSA) is 59.8 Å². The van der Waals surface area contributed by atoms with Gasteiger partial charge in [-0.1, -0.05) is 44.2 Å². The van der Waals surface area contributed by atoms with Gasteiger partial charge in [-0.05, 0) is 30.2 Å². The highest BCUT2D eigenvalue weighted by atomic mass is 19.1. The minimum Gasteiger partial charge on any atom is -0.439 e. The predicted octanol–water partition coefficient (Wildman–Crippen LogP) is 4.48. The number of hydrogen-bond acceptors (Lipinski definition) is 5. The molecule has 0 amide bonds. The molecule has 0 unspecified atom stereocenters. The second kappa shape index (κ2) is 11.2. The summed E-state index contributed by atoms with van der Waals surface area (Å²) in [6.45, 7) is 6.35. The summed E-state index contributed by atoms with van der Waals surface area (Å²) in [5.74, 6) is 1.21. The van der Waals surface area contributed by atoms with Crippen LogP contribution < -0.4 is 4.74 Å². The molecule has 7 heteroatoms. The summed E-state index contributed by atoms with van der Waals surface area (Å²) in [5.41, 5.74) is 2.71. The summed E-state index contributed by atoms with van der Waals surface area (Å²) in [7, 11) is 3.42. The van der Waals surface area contributed by atoms with Crippen LogP contribution in [-0.2, 0) is 18.3 Å². The Morgan fingerprint density at radius 1 is 1.06 bits per heavy atom. The first-order chi connectivity index (χ1) is 15.4. The van der Waals surface area contributed by atoms with E-state index in [-0.39, 0.29) is 12.4 Å². The highest BCUT2D eigenvalue weighted by Crippen LogP contribution is 2.34. The number of ether oxygens (including phenoxy) is 2. The maximum Gasteiger partial charge on any atom is 0.222 e. The molecule has 0 aliphatic rings. The lowest BCUT2D eigenvalue weighted by Crippen LogP contribution is -2.36. The Morgan fingerprint density at radius 3 is 2.38 bits per heavy atom. The average Bonchev–Trinajstić information content (AvgIpc) is 3.05. The van der Waals surface area contributed by atoms with Gasteiger partial charge in [-0.2, -0.15) is 5.10 Å². The van der Waals surface area contributed by atoms with Gasteiger partial charge >= 0.3 is 0 Å². The lowest BCUT2D eigenvalue weighted by atomic mass is 10.1. The molecule has 32 heavy (non-hydrogen) atoms. The highest BCUT2D eigenvalue weighted by Gasteiger charge is 2.23. The second-order valence-electron chi connectivity index (χ2n) is 8.38. The van der Waals surface area contributed by atoms with Gasteiger partial charge in [-0.3, -0.25) is 4.90 Å². The zero-order valence-corrected chi connectivity index (χ0v) is 19.2. The summed E-state index contributed by atoms with van der Waals surface area (Å²) >= 11 is 0. The van der Waals surface area contributed by atoms with Gasteiger partial charge in [0.05, 0.1) is 18.3 Å². The normalized spacial score (nSPS) is 12.5. The Labute approximate surface area is 189 Å². The van der Waals surface area contributed by atoms with Gasteiger partial charge in [-0.25, -0.2) is 9.07 Å². The van der Waals surface area contributed by atoms with Crippen molar-refractivity contribution in [3.05, 3.63) is 66.0 Å². The molecule has 2 aromatic carbocycles. The van der Waals surface area contributed by atoms with Crippen LogP contribution in [-0.4, -0.2) is 52.7 Å². The number of nitrogens with zero attached hydrogens (tertiary/aromatic N) is 3. The van der Waals surface area contributed by atoms with E-state index in [2.05, 4.69) is 18.7 Å². The van der Waals surface area contributed by atoms with Crippen LogP contribution in [0.5, 0.6) is 11.6 Å². The van der Waals surface area contributed by atoms with Crippen LogP contribution in [0.2, 0.25) is 0 Å². The van der Waals surface area contributed by atoms with Crippen molar-refractivity contribution >= 4 is 0 Å². The number of hydrogen-bond donors (Lipinski definition) is 1. The van der Waals surface area contributed by atoms with E-state index in [1.165, 1.54) is 12.1 Å². The fourth-order valence-electron chi connectivity index (χ4n) is 3.75. The summed E-state index contributed by atoms with van der Waals surface area (Å²) < 4.78 is 26.4. The molecule has 0 saturated heterocycles. The van der Waals surface area contributed by atoms with Gasteiger partial charge in [0.15, 0.2) is 0 Å². The van der Waals surface area contributed by atoms with E-state index in [0.717, 1.165) is 23.4 Å². The molecule has 0 fully saturated rings. The summed E-state index contributed by atoms with van der Waals surface area (Å²) in [5, 5.41) is 15.1. The van der Waals surface area contributed by atoms with Crippen molar-refractivity contribution in [3.63, 3.8) is 0 Å². The van der Waals surface area contributed by atoms with Gasteiger partial charge in [0.1, 0.15) is 17.3 Å². The van der Waals surface area contributed by atoms with Gasteiger partial charge in [-0.15, -0.1) is 0 Å². The molecule has 0 saturated carbocycles. The molecule has 1 N–H and O–H groups in total. The van der Waals surface area contributed by atoms with E-state index < -0.39 is 6.10 Å². The maximum atomic E-state index is 13.4. The molecule has 0 aliphatic carbocycles. The zero-order valence-electron chi connectivity index (χ0n) is 19.2. The molecule has 3 rings (SSSR count). The third-order valence-electron chi connectivity index (χ3n) is 5.00. The van der Waals surface area contributed by atoms with Crippen molar-refractivity contribution in [1.29, 1.82) is 0 Å². The number of rotatable bonds is 11. The van der Waals surface area contributed by atoms with Crippen LogP contribution >= 0.6 is 0 Å². The first-order valence-electron chi connectivity index (χ1n) is 10.8. The van der Waals surface area contributed by atoms with E-state index in [1.54, 1.807) is 23.9 Å². The predicted molar refractivity (Wildman–Crippen MR) is 123 cm³/mol. The molecule has 0 spiro atoms. The molecule has 3 aromatic rings. The number of benzene rings is 2. The first-order valence-corrected chi connectivity index (χ1v) is 10.8. The average molecular weight is 442 g/mol. The van der Waals surface area contributed by atoms with Crippen LogP contribution in [0, 0.1) is 11.7 Å². The second-order valence-corrected chi connectivity index (χ2v) is 8.38. The fourth-order valence-corrected chi connectivity index (χ4v) is 3.75. The molecule has 1 aromatic heterocycles. The Morgan fingerprint density at radius 2 is 1.75 bits per heavy atom. The quantitative estimate of drug-likeness (QED) is 0.475. The standard InChI is InChI=1S/C25H32FN3O3/c1-18(2)14-29(15-21(30)17-31-4)16-23-24(19-8-6-5-7-9-19)27-28(3)25(23)32-22-12-10-20(26)11-13-22/h5-13,18,21,30H,14-17H2,1-4H3/t21-/m0/s1. The van der Waals surface area contributed by atoms with Gasteiger partial charge in [0.2, 0.25) is 5.88 Å². The Hall–Kier alpha value is -2.74. The maximum absolute atomic E-state index is 13.4. The fraction of sp³-hybridized carbons (Fsp3) is 0.400. The van der Waals surface area contributed by atoms with E-state index in [9.17, 15) is 9.50 Å². The first kappa shape index (κ1) is 23.9. The van der Waals surface area contributed by atoms with Crippen molar-refractivity contribution < 1.29 is 19.0 Å². The van der Waals surface area contributed by atoms with E-state index >= 15 is 0 Å². The minimum atomic E-state index is -0.600. The zero-order chi connectivity index (χ0) is 23.1. The van der Waals surface area contributed by atoms with E-state index in [4.69, 9.17) is 14.6 Å². The minimum absolute atomic E-state index is 0.270. The van der Waals surface area contributed by atoms with Crippen molar-refractivity contribution in [3.8, 4) is 22.9 Å². The van der Waals surface area contributed by atoms with Crippen molar-refractivity contribution in [1.82, 2.24) is 14.7 Å². The molecular formula is C25H32FN3O3. The third kappa shape index (κ3) is 6.38. The van der Waals surface area contributed by atoms with Crippen LogP contribution in [0.15, 0.2) is 54.6 Å². The Bertz CT molecular complexity index is 974. The molecule has 1 heterocycles. The molecule has 6 nitrogen and oxygen atoms in total. The van der Waals surface area contributed by atoms with E-state index in [0.29, 0.717) is 30.6 Å². The SMILES string of the molecule is COC[C@@H](O)CN(Cc1c(-c2ccccc2)nn(C)c1Oc1ccc(F)cc1)CC(C)C. The number of aliphatic hydroxyl groups is 1. The lowest BCUT2D eigenvalue weighted by molar-refractivity contribution is 0.0330. The van der Waals surface area contributed by atoms with Gasteiger partial charge in [0, 0.05) is 39.4 Å². The van der Waals surface area contributed by atoms with Crippen LogP contribution in [0.25, 0.3) is 11.3 Å². The number of methoxy groups -OCH3 is 1. The van der Waals surface area contributed by atoms with Crippen LogP contribution in [0.3, 0.4) is 0 Å². The largest absolute Gasteiger partial charge is 0.439 e. The number of halogens is 1. The lowest BCUT2D eigenvalue weighted by Gasteiger charge is -2.27. The highest BCUT2D eigenvalue weighted by molar-refractivity contribution is 5.65. The van der Waals surface area contributed by atoms with E-state index in [1.807, 2.05) is 37.4 Å². The van der Waals surface area contributed by atoms with Gasteiger partial charge < -0.3 is 14.6 Å². The molecule has 1 atom stereocenters. The van der Waals surface area contributed by atoms with Crippen molar-refractivity contribution in [2.45, 2.75) is 26.5 Å². The monoisotopic (exact) mass is 441 g/mol. The molecule has 172 valence electrons. The smallest absolute Gasteiger partial charge is 0.222 e. The summed E-state index contributed by atoms with van der Waals surface area (Å²) in [4.78, 5) is 2.19. The summed E-state index contributed by atoms with van der Waals surface area (Å²) in [6, 6.07) is 15.9. The molecule has 0 radical (unpaired) electrons.